The predicted molar refractivity (Wildman–Crippen MR) is 84.8 cm³/mol. The van der Waals surface area contributed by atoms with Crippen molar-refractivity contribution in [2.45, 2.75) is 38.3 Å². The van der Waals surface area contributed by atoms with Crippen LogP contribution >= 0.6 is 0 Å². The smallest absolute Gasteiger partial charge is 0.226 e. The highest BCUT2D eigenvalue weighted by Crippen LogP contribution is 2.22. The van der Waals surface area contributed by atoms with Crippen LogP contribution in [0.2, 0.25) is 0 Å². The van der Waals surface area contributed by atoms with Crippen molar-refractivity contribution in [1.82, 2.24) is 4.90 Å². The Labute approximate surface area is 130 Å². The standard InChI is InChI=1S/C18H21NO3/c20-17-11-16(22-13-18(17)21)12-19-9-5-4-8-15(19)10-14-6-2-1-3-7-14/h1-3,6-7,11,13,15,21H,4-5,8-10,12H2. The predicted octanol–water partition coefficient (Wildman–Crippen LogP) is 2.94. The first-order valence-electron chi connectivity index (χ1n) is 7.81. The van der Waals surface area contributed by atoms with Gasteiger partial charge in [0.05, 0.1) is 6.54 Å². The molecule has 0 saturated carbocycles. The Kier molecular flexibility index (Phi) is 4.59. The van der Waals surface area contributed by atoms with Gasteiger partial charge in [0, 0.05) is 12.1 Å². The molecule has 0 spiro atoms. The van der Waals surface area contributed by atoms with Gasteiger partial charge < -0.3 is 9.52 Å². The number of hydrogen-bond acceptors (Lipinski definition) is 4. The summed E-state index contributed by atoms with van der Waals surface area (Å²) in [5, 5.41) is 9.28. The zero-order valence-corrected chi connectivity index (χ0v) is 12.6. The largest absolute Gasteiger partial charge is 0.502 e. The molecule has 0 amide bonds. The Bertz CT molecular complexity index is 666. The monoisotopic (exact) mass is 299 g/mol. The summed E-state index contributed by atoms with van der Waals surface area (Å²) >= 11 is 0. The highest BCUT2D eigenvalue weighted by atomic mass is 16.4. The summed E-state index contributed by atoms with van der Waals surface area (Å²) in [6.07, 6.45) is 5.73. The lowest BCUT2D eigenvalue weighted by Crippen LogP contribution is -2.40. The molecule has 1 aromatic heterocycles. The molecule has 1 N–H and O–H groups in total. The van der Waals surface area contributed by atoms with Gasteiger partial charge in [0.2, 0.25) is 5.43 Å². The number of aromatic hydroxyl groups is 1. The van der Waals surface area contributed by atoms with E-state index < -0.39 is 0 Å². The molecular formula is C18H21NO3. The molecule has 4 nitrogen and oxygen atoms in total. The maximum absolute atomic E-state index is 11.5. The third-order valence-corrected chi connectivity index (χ3v) is 4.29. The first-order valence-corrected chi connectivity index (χ1v) is 7.81. The third kappa shape index (κ3) is 3.57. The molecule has 3 rings (SSSR count). The van der Waals surface area contributed by atoms with Gasteiger partial charge in [-0.1, -0.05) is 36.8 Å². The molecule has 0 bridgehead atoms. The van der Waals surface area contributed by atoms with Gasteiger partial charge in [-0.2, -0.15) is 0 Å². The second-order valence-electron chi connectivity index (χ2n) is 5.91. The number of piperidine rings is 1. The summed E-state index contributed by atoms with van der Waals surface area (Å²) in [5.74, 6) is 0.283. The Balaban J connectivity index is 1.72. The fourth-order valence-corrected chi connectivity index (χ4v) is 3.11. The summed E-state index contributed by atoms with van der Waals surface area (Å²) in [5.41, 5.74) is 0.962. The zero-order chi connectivity index (χ0) is 15.4. The van der Waals surface area contributed by atoms with Crippen molar-refractivity contribution in [1.29, 1.82) is 0 Å². The molecule has 1 unspecified atom stereocenters. The van der Waals surface area contributed by atoms with Crippen LogP contribution in [0.3, 0.4) is 0 Å². The third-order valence-electron chi connectivity index (χ3n) is 4.29. The highest BCUT2D eigenvalue weighted by Gasteiger charge is 2.23. The van der Waals surface area contributed by atoms with Crippen LogP contribution in [0.4, 0.5) is 0 Å². The van der Waals surface area contributed by atoms with Crippen molar-refractivity contribution in [3.63, 3.8) is 0 Å². The second-order valence-corrected chi connectivity index (χ2v) is 5.91. The highest BCUT2D eigenvalue weighted by molar-refractivity contribution is 5.17. The first kappa shape index (κ1) is 14.9. The molecule has 4 heteroatoms. The normalized spacial score (nSPS) is 19.2. The van der Waals surface area contributed by atoms with E-state index in [-0.39, 0.29) is 11.2 Å². The van der Waals surface area contributed by atoms with Crippen LogP contribution in [0.25, 0.3) is 0 Å². The van der Waals surface area contributed by atoms with Crippen molar-refractivity contribution in [3.8, 4) is 5.75 Å². The summed E-state index contributed by atoms with van der Waals surface area (Å²) in [7, 11) is 0. The van der Waals surface area contributed by atoms with E-state index in [0.717, 1.165) is 25.6 Å². The average Bonchev–Trinajstić information content (AvgIpc) is 2.54. The maximum Gasteiger partial charge on any atom is 0.226 e. The van der Waals surface area contributed by atoms with Gasteiger partial charge in [-0.15, -0.1) is 0 Å². The van der Waals surface area contributed by atoms with E-state index in [2.05, 4.69) is 29.2 Å². The van der Waals surface area contributed by atoms with Crippen molar-refractivity contribution in [2.75, 3.05) is 6.54 Å². The second kappa shape index (κ2) is 6.79. The Morgan fingerprint density at radius 1 is 1.23 bits per heavy atom. The molecule has 1 fully saturated rings. The Hall–Kier alpha value is -2.07. The van der Waals surface area contributed by atoms with Gasteiger partial charge in [-0.05, 0) is 31.4 Å². The minimum absolute atomic E-state index is 0.330. The fraction of sp³-hybridized carbons (Fsp3) is 0.389. The van der Waals surface area contributed by atoms with Crippen LogP contribution in [0, 0.1) is 0 Å². The minimum Gasteiger partial charge on any atom is -0.502 e. The summed E-state index contributed by atoms with van der Waals surface area (Å²) in [6.45, 7) is 1.63. The molecule has 1 aliphatic rings. The van der Waals surface area contributed by atoms with Crippen molar-refractivity contribution >= 4 is 0 Å². The molecule has 0 radical (unpaired) electrons. The first-order chi connectivity index (χ1) is 10.7. The van der Waals surface area contributed by atoms with Crippen LogP contribution in [0.15, 0.2) is 51.9 Å². The topological polar surface area (TPSA) is 53.7 Å². The van der Waals surface area contributed by atoms with Gasteiger partial charge in [0.15, 0.2) is 5.75 Å². The van der Waals surface area contributed by atoms with Crippen LogP contribution in [-0.4, -0.2) is 22.6 Å². The van der Waals surface area contributed by atoms with Gasteiger partial charge in [-0.3, -0.25) is 9.69 Å². The van der Waals surface area contributed by atoms with Crippen LogP contribution in [0.1, 0.15) is 30.6 Å². The van der Waals surface area contributed by atoms with E-state index in [0.29, 0.717) is 18.3 Å². The van der Waals surface area contributed by atoms with Crippen molar-refractivity contribution < 1.29 is 9.52 Å². The Morgan fingerprint density at radius 3 is 2.82 bits per heavy atom. The fourth-order valence-electron chi connectivity index (χ4n) is 3.11. The lowest BCUT2D eigenvalue weighted by atomic mass is 9.95. The van der Waals surface area contributed by atoms with E-state index in [9.17, 15) is 9.90 Å². The molecule has 2 heterocycles. The SMILES string of the molecule is O=c1cc(CN2CCCCC2Cc2ccccc2)occ1O. The molecule has 1 saturated heterocycles. The maximum atomic E-state index is 11.5. The van der Waals surface area contributed by atoms with E-state index >= 15 is 0 Å². The molecule has 22 heavy (non-hydrogen) atoms. The molecular weight excluding hydrogens is 278 g/mol. The van der Waals surface area contributed by atoms with Gasteiger partial charge in [0.1, 0.15) is 12.0 Å². The minimum atomic E-state index is -0.377. The molecule has 1 aliphatic heterocycles. The average molecular weight is 299 g/mol. The van der Waals surface area contributed by atoms with Gasteiger partial charge in [0.25, 0.3) is 0 Å². The van der Waals surface area contributed by atoms with Gasteiger partial charge in [-0.25, -0.2) is 0 Å². The van der Waals surface area contributed by atoms with Crippen LogP contribution in [-0.2, 0) is 13.0 Å². The van der Waals surface area contributed by atoms with E-state index in [1.54, 1.807) is 0 Å². The number of likely N-dealkylation sites (tertiary alicyclic amines) is 1. The molecule has 2 aromatic rings. The molecule has 116 valence electrons. The molecule has 1 aromatic carbocycles. The van der Waals surface area contributed by atoms with Crippen molar-refractivity contribution in [2.24, 2.45) is 0 Å². The Morgan fingerprint density at radius 2 is 2.05 bits per heavy atom. The zero-order valence-electron chi connectivity index (χ0n) is 12.6. The summed E-state index contributed by atoms with van der Waals surface area (Å²) in [4.78, 5) is 13.9. The molecule has 0 aliphatic carbocycles. The number of hydrogen-bond donors (Lipinski definition) is 1. The van der Waals surface area contributed by atoms with E-state index in [1.807, 2.05) is 6.07 Å². The number of rotatable bonds is 4. The quantitative estimate of drug-likeness (QED) is 0.943. The number of nitrogens with zero attached hydrogens (tertiary/aromatic N) is 1. The lowest BCUT2D eigenvalue weighted by molar-refractivity contribution is 0.128. The van der Waals surface area contributed by atoms with Crippen molar-refractivity contribution in [3.05, 3.63) is 64.2 Å². The van der Waals surface area contributed by atoms with Gasteiger partial charge >= 0.3 is 0 Å². The lowest BCUT2D eigenvalue weighted by Gasteiger charge is -2.35. The number of benzene rings is 1. The summed E-state index contributed by atoms with van der Waals surface area (Å²) < 4.78 is 5.35. The van der Waals surface area contributed by atoms with E-state index in [1.165, 1.54) is 24.5 Å². The van der Waals surface area contributed by atoms with Crippen LogP contribution in [0.5, 0.6) is 5.75 Å². The summed E-state index contributed by atoms with van der Waals surface area (Å²) in [6, 6.07) is 12.4. The van der Waals surface area contributed by atoms with Crippen LogP contribution < -0.4 is 5.43 Å². The van der Waals surface area contributed by atoms with E-state index in [4.69, 9.17) is 4.42 Å². The molecule has 1 atom stereocenters.